The number of imidazole rings is 1. The van der Waals surface area contributed by atoms with Crippen LogP contribution in [0.3, 0.4) is 0 Å². The fraction of sp³-hybridized carbons (Fsp3) is 0.227. The van der Waals surface area contributed by atoms with E-state index in [-0.39, 0.29) is 6.17 Å². The first kappa shape index (κ1) is 17.6. The number of methoxy groups -OCH3 is 1. The molecule has 2 aromatic carbocycles. The molecule has 1 unspecified atom stereocenters. The van der Waals surface area contributed by atoms with Crippen molar-refractivity contribution in [1.29, 1.82) is 10.5 Å². The average Bonchev–Trinajstić information content (AvgIpc) is 3.42. The maximum absolute atomic E-state index is 9.31. The number of hydrogen-bond acceptors (Lipinski definition) is 5. The molecule has 1 saturated heterocycles. The Morgan fingerprint density at radius 3 is 2.75 bits per heavy atom. The van der Waals surface area contributed by atoms with E-state index in [1.54, 1.807) is 24.4 Å². The highest BCUT2D eigenvalue weighted by Gasteiger charge is 2.25. The molecule has 1 aromatic heterocycles. The number of nitrogens with zero attached hydrogens (tertiary/aromatic N) is 5. The van der Waals surface area contributed by atoms with Crippen LogP contribution in [0.4, 0.5) is 0 Å². The topological polar surface area (TPSA) is 77.9 Å². The highest BCUT2D eigenvalue weighted by molar-refractivity contribution is 5.81. The minimum Gasteiger partial charge on any atom is -0.495 e. The number of ether oxygens (including phenoxy) is 1. The minimum absolute atomic E-state index is 0.0211. The summed E-state index contributed by atoms with van der Waals surface area (Å²) in [7, 11) is 1.64. The van der Waals surface area contributed by atoms with Crippen LogP contribution >= 0.6 is 0 Å². The maximum Gasteiger partial charge on any atom is 0.181 e. The van der Waals surface area contributed by atoms with Crippen LogP contribution < -0.4 is 4.74 Å². The molecular formula is C22H19N5O. The fourth-order valence-corrected chi connectivity index (χ4v) is 3.76. The molecular weight excluding hydrogens is 350 g/mol. The summed E-state index contributed by atoms with van der Waals surface area (Å²) in [5.74, 6) is 0.714. The number of para-hydroxylation sites is 1. The van der Waals surface area contributed by atoms with Crippen LogP contribution in [-0.4, -0.2) is 28.1 Å². The minimum atomic E-state index is 0.0211. The van der Waals surface area contributed by atoms with Gasteiger partial charge in [0, 0.05) is 23.9 Å². The molecule has 28 heavy (non-hydrogen) atoms. The van der Waals surface area contributed by atoms with Gasteiger partial charge in [-0.15, -0.1) is 0 Å². The molecule has 6 nitrogen and oxygen atoms in total. The van der Waals surface area contributed by atoms with Crippen molar-refractivity contribution in [2.75, 3.05) is 13.7 Å². The van der Waals surface area contributed by atoms with Crippen LogP contribution in [0.25, 0.3) is 22.4 Å². The lowest BCUT2D eigenvalue weighted by Gasteiger charge is -2.19. The molecule has 0 spiro atoms. The first-order valence-corrected chi connectivity index (χ1v) is 9.13. The highest BCUT2D eigenvalue weighted by atomic mass is 16.5. The van der Waals surface area contributed by atoms with Crippen molar-refractivity contribution in [3.8, 4) is 40.4 Å². The van der Waals surface area contributed by atoms with Crippen LogP contribution in [0.15, 0.2) is 55.0 Å². The van der Waals surface area contributed by atoms with E-state index in [4.69, 9.17) is 4.74 Å². The van der Waals surface area contributed by atoms with Crippen molar-refractivity contribution in [2.45, 2.75) is 19.0 Å². The van der Waals surface area contributed by atoms with Crippen molar-refractivity contribution >= 4 is 0 Å². The van der Waals surface area contributed by atoms with Crippen molar-refractivity contribution in [3.63, 3.8) is 0 Å². The van der Waals surface area contributed by atoms with E-state index in [0.717, 1.165) is 41.8 Å². The van der Waals surface area contributed by atoms with E-state index < -0.39 is 0 Å². The Morgan fingerprint density at radius 2 is 1.96 bits per heavy atom. The Hall–Kier alpha value is -3.77. The number of benzene rings is 2. The smallest absolute Gasteiger partial charge is 0.181 e. The van der Waals surface area contributed by atoms with E-state index in [0.29, 0.717) is 11.3 Å². The van der Waals surface area contributed by atoms with Gasteiger partial charge in [-0.1, -0.05) is 24.3 Å². The summed E-state index contributed by atoms with van der Waals surface area (Å²) in [6.07, 6.45) is 7.95. The molecule has 0 saturated carbocycles. The van der Waals surface area contributed by atoms with Crippen molar-refractivity contribution in [1.82, 2.24) is 14.5 Å². The van der Waals surface area contributed by atoms with E-state index in [2.05, 4.69) is 17.2 Å². The predicted octanol–water partition coefficient (Wildman–Crippen LogP) is 4.17. The summed E-state index contributed by atoms with van der Waals surface area (Å²) in [5.41, 5.74) is 4.10. The molecule has 3 aromatic rings. The molecule has 2 heterocycles. The summed E-state index contributed by atoms with van der Waals surface area (Å²) in [6.45, 7) is 0.780. The summed E-state index contributed by atoms with van der Waals surface area (Å²) in [6, 6.07) is 15.5. The van der Waals surface area contributed by atoms with Gasteiger partial charge in [0.2, 0.25) is 0 Å². The largest absolute Gasteiger partial charge is 0.495 e. The third kappa shape index (κ3) is 3.06. The van der Waals surface area contributed by atoms with E-state index in [1.165, 1.54) is 0 Å². The molecule has 4 rings (SSSR count). The summed E-state index contributed by atoms with van der Waals surface area (Å²) in [5, 5.41) is 18.5. The van der Waals surface area contributed by atoms with Crippen LogP contribution in [-0.2, 0) is 0 Å². The van der Waals surface area contributed by atoms with Crippen LogP contribution in [0, 0.1) is 22.8 Å². The molecule has 0 amide bonds. The molecule has 1 atom stereocenters. The van der Waals surface area contributed by atoms with Crippen molar-refractivity contribution in [3.05, 3.63) is 60.6 Å². The van der Waals surface area contributed by atoms with Crippen molar-refractivity contribution < 1.29 is 4.74 Å². The number of aromatic nitrogens is 2. The molecule has 1 fully saturated rings. The van der Waals surface area contributed by atoms with Gasteiger partial charge in [0.05, 0.1) is 30.8 Å². The van der Waals surface area contributed by atoms with Crippen LogP contribution in [0.5, 0.6) is 5.75 Å². The molecule has 1 aliphatic rings. The number of likely N-dealkylation sites (tertiary alicyclic amines) is 1. The quantitative estimate of drug-likeness (QED) is 0.645. The van der Waals surface area contributed by atoms with Gasteiger partial charge >= 0.3 is 0 Å². The highest BCUT2D eigenvalue weighted by Crippen LogP contribution is 2.39. The van der Waals surface area contributed by atoms with E-state index in [1.807, 2.05) is 47.2 Å². The lowest BCUT2D eigenvalue weighted by Crippen LogP contribution is -2.21. The molecule has 0 N–H and O–H groups in total. The zero-order chi connectivity index (χ0) is 19.5. The predicted molar refractivity (Wildman–Crippen MR) is 105 cm³/mol. The third-order valence-corrected chi connectivity index (χ3v) is 5.09. The number of rotatable bonds is 4. The van der Waals surface area contributed by atoms with Crippen LogP contribution in [0.2, 0.25) is 0 Å². The van der Waals surface area contributed by atoms with Crippen molar-refractivity contribution in [2.24, 2.45) is 0 Å². The van der Waals surface area contributed by atoms with Gasteiger partial charge in [-0.2, -0.15) is 10.5 Å². The van der Waals surface area contributed by atoms with E-state index in [9.17, 15) is 10.5 Å². The van der Waals surface area contributed by atoms with Gasteiger partial charge in [0.25, 0.3) is 0 Å². The SMILES string of the molecule is COc1c(-c2cccc(C#N)c2)cccc1-c1cn(C2CCCN2C#N)cn1. The second-order valence-corrected chi connectivity index (χ2v) is 6.70. The fourth-order valence-electron chi connectivity index (χ4n) is 3.76. The Morgan fingerprint density at radius 1 is 1.14 bits per heavy atom. The lowest BCUT2D eigenvalue weighted by molar-refractivity contribution is 0.281. The molecule has 6 heteroatoms. The number of nitriles is 2. The van der Waals surface area contributed by atoms with Gasteiger partial charge in [0.15, 0.2) is 6.19 Å². The monoisotopic (exact) mass is 369 g/mol. The first-order valence-electron chi connectivity index (χ1n) is 9.13. The normalized spacial score (nSPS) is 15.8. The van der Waals surface area contributed by atoms with Gasteiger partial charge in [-0.05, 0) is 36.6 Å². The van der Waals surface area contributed by atoms with Crippen LogP contribution in [0.1, 0.15) is 24.6 Å². The Labute approximate surface area is 163 Å². The third-order valence-electron chi connectivity index (χ3n) is 5.09. The van der Waals surface area contributed by atoms with Gasteiger partial charge in [-0.3, -0.25) is 4.90 Å². The van der Waals surface area contributed by atoms with E-state index >= 15 is 0 Å². The number of hydrogen-bond donors (Lipinski definition) is 0. The Bertz CT molecular complexity index is 1090. The standard InChI is InChI=1S/C22H19N5O/c1-28-22-18(17-6-2-5-16(11-17)12-23)7-3-8-19(22)20-13-27(15-25-20)21-9-4-10-26(21)14-24/h2-3,5-8,11,13,15,21H,4,9-10H2,1H3. The summed E-state index contributed by atoms with van der Waals surface area (Å²) >= 11 is 0. The van der Waals surface area contributed by atoms with Gasteiger partial charge in [-0.25, -0.2) is 4.98 Å². The lowest BCUT2D eigenvalue weighted by atomic mass is 9.99. The first-order chi connectivity index (χ1) is 13.7. The molecule has 138 valence electrons. The average molecular weight is 369 g/mol. The maximum atomic E-state index is 9.31. The summed E-state index contributed by atoms with van der Waals surface area (Å²) < 4.78 is 7.73. The van der Waals surface area contributed by atoms with Gasteiger partial charge < -0.3 is 9.30 Å². The molecule has 0 aliphatic carbocycles. The zero-order valence-electron chi connectivity index (χ0n) is 15.5. The summed E-state index contributed by atoms with van der Waals surface area (Å²) in [4.78, 5) is 6.36. The second-order valence-electron chi connectivity index (χ2n) is 6.70. The molecule has 0 radical (unpaired) electrons. The molecule has 0 bridgehead atoms. The zero-order valence-corrected chi connectivity index (χ0v) is 15.5. The van der Waals surface area contributed by atoms with Gasteiger partial charge in [0.1, 0.15) is 11.9 Å². The Kier molecular flexibility index (Phi) is 4.70. The molecule has 1 aliphatic heterocycles. The Balaban J connectivity index is 1.75. The second kappa shape index (κ2) is 7.46.